The van der Waals surface area contributed by atoms with Gasteiger partial charge >= 0.3 is 0 Å². The molecule has 2 aliphatic heterocycles. The van der Waals surface area contributed by atoms with Crippen LogP contribution in [-0.4, -0.2) is 63.1 Å². The molecule has 0 spiro atoms. The highest BCUT2D eigenvalue weighted by molar-refractivity contribution is 6.74. The summed E-state index contributed by atoms with van der Waals surface area (Å²) in [5.74, 6) is -0.548. The average molecular weight is 431 g/mol. The molecule has 6 nitrogen and oxygen atoms in total. The monoisotopic (exact) mass is 430 g/mol. The molecule has 0 aromatic heterocycles. The third kappa shape index (κ3) is 5.70. The lowest BCUT2D eigenvalue weighted by molar-refractivity contribution is -0.263. The quantitative estimate of drug-likeness (QED) is 0.481. The number of aliphatic hydroxyl groups is 1. The van der Waals surface area contributed by atoms with Crippen molar-refractivity contribution in [2.45, 2.75) is 109 Å². The maximum Gasteiger partial charge on any atom is 0.192 e. The lowest BCUT2D eigenvalue weighted by Gasteiger charge is -2.42. The Kier molecular flexibility index (Phi) is 7.49. The summed E-state index contributed by atoms with van der Waals surface area (Å²) < 4.78 is 29.6. The Labute approximate surface area is 178 Å². The maximum absolute atomic E-state index is 11.3. The second-order valence-electron chi connectivity index (χ2n) is 10.6. The van der Waals surface area contributed by atoms with Crippen molar-refractivity contribution in [2.24, 2.45) is 5.92 Å². The van der Waals surface area contributed by atoms with Gasteiger partial charge in [0, 0.05) is 13.2 Å². The van der Waals surface area contributed by atoms with E-state index in [4.69, 9.17) is 23.4 Å². The lowest BCUT2D eigenvalue weighted by Crippen LogP contribution is -2.60. The molecule has 0 aliphatic carbocycles. The smallest absolute Gasteiger partial charge is 0.192 e. The van der Waals surface area contributed by atoms with Gasteiger partial charge < -0.3 is 28.5 Å². The van der Waals surface area contributed by atoms with Gasteiger partial charge in [0.05, 0.1) is 6.61 Å². The zero-order valence-electron chi connectivity index (χ0n) is 19.9. The van der Waals surface area contributed by atoms with E-state index in [-0.39, 0.29) is 23.7 Å². The molecule has 0 saturated carbocycles. The van der Waals surface area contributed by atoms with E-state index >= 15 is 0 Å². The fourth-order valence-electron chi connectivity index (χ4n) is 3.58. The van der Waals surface area contributed by atoms with Crippen LogP contribution in [-0.2, 0) is 23.4 Å². The second kappa shape index (κ2) is 8.69. The largest absolute Gasteiger partial charge is 0.414 e. The van der Waals surface area contributed by atoms with Crippen LogP contribution in [0.25, 0.3) is 0 Å². The van der Waals surface area contributed by atoms with Crippen LogP contribution < -0.4 is 0 Å². The normalized spacial score (nSPS) is 34.9. The predicted molar refractivity (Wildman–Crippen MR) is 116 cm³/mol. The van der Waals surface area contributed by atoms with Crippen molar-refractivity contribution in [1.82, 2.24) is 0 Å². The summed E-state index contributed by atoms with van der Waals surface area (Å²) >= 11 is 0. The molecule has 6 atom stereocenters. The van der Waals surface area contributed by atoms with E-state index in [1.165, 1.54) is 0 Å². The molecule has 1 N–H and O–H groups in total. The average Bonchev–Trinajstić information content (AvgIpc) is 2.90. The van der Waals surface area contributed by atoms with E-state index in [2.05, 4.69) is 53.8 Å². The highest BCUT2D eigenvalue weighted by atomic mass is 28.4. The minimum atomic E-state index is -1.82. The number of fused-ring (bicyclic) bond motifs is 1. The van der Waals surface area contributed by atoms with E-state index in [1.54, 1.807) is 7.11 Å². The topological polar surface area (TPSA) is 66.4 Å². The third-order valence-corrected chi connectivity index (χ3v) is 11.2. The molecule has 170 valence electrons. The zero-order valence-corrected chi connectivity index (χ0v) is 20.9. The standard InChI is InChI=1S/C22H42O6Si/c1-15(16(2)28-29(9,10)20(3,4)5)12-11-13-22(23)14-25-19(24-8)17-18(22)27-21(6,7)26-17/h11-12,15-19,23H,13-14H2,1-10H3/b12-11-. The minimum Gasteiger partial charge on any atom is -0.414 e. The van der Waals surface area contributed by atoms with Crippen molar-refractivity contribution >= 4 is 8.32 Å². The van der Waals surface area contributed by atoms with E-state index in [1.807, 2.05) is 19.9 Å². The Morgan fingerprint density at radius 2 is 1.83 bits per heavy atom. The van der Waals surface area contributed by atoms with Gasteiger partial charge in [-0.1, -0.05) is 39.8 Å². The molecule has 7 heteroatoms. The molecule has 0 bridgehead atoms. The van der Waals surface area contributed by atoms with Crippen molar-refractivity contribution in [3.8, 4) is 0 Å². The third-order valence-electron chi connectivity index (χ3n) is 6.59. The number of ether oxygens (including phenoxy) is 4. The lowest BCUT2D eigenvalue weighted by atomic mass is 9.87. The molecule has 2 aliphatic rings. The first kappa shape index (κ1) is 25.0. The summed E-state index contributed by atoms with van der Waals surface area (Å²) in [6.45, 7) is 19.4. The van der Waals surface area contributed by atoms with Crippen LogP contribution in [0.2, 0.25) is 18.1 Å². The van der Waals surface area contributed by atoms with Crippen molar-refractivity contribution in [2.75, 3.05) is 13.7 Å². The van der Waals surface area contributed by atoms with Crippen LogP contribution in [0.5, 0.6) is 0 Å². The number of hydrogen-bond donors (Lipinski definition) is 1. The molecule has 2 rings (SSSR count). The molecule has 0 aromatic carbocycles. The first-order valence-corrected chi connectivity index (χ1v) is 13.6. The Hall–Kier alpha value is -0.283. The summed E-state index contributed by atoms with van der Waals surface area (Å²) in [7, 11) is -0.241. The van der Waals surface area contributed by atoms with Crippen molar-refractivity contribution in [3.05, 3.63) is 12.2 Å². The summed E-state index contributed by atoms with van der Waals surface area (Å²) in [4.78, 5) is 0. The predicted octanol–water partition coefficient (Wildman–Crippen LogP) is 4.23. The Bertz CT molecular complexity index is 584. The molecule has 2 heterocycles. The second-order valence-corrected chi connectivity index (χ2v) is 15.4. The number of hydrogen-bond acceptors (Lipinski definition) is 6. The fourth-order valence-corrected chi connectivity index (χ4v) is 5.07. The fraction of sp³-hybridized carbons (Fsp3) is 0.909. The molecule has 6 unspecified atom stereocenters. The summed E-state index contributed by atoms with van der Waals surface area (Å²) in [6.07, 6.45) is 3.16. The Morgan fingerprint density at radius 1 is 1.21 bits per heavy atom. The van der Waals surface area contributed by atoms with E-state index in [0.717, 1.165) is 0 Å². The van der Waals surface area contributed by atoms with Gasteiger partial charge in [-0.15, -0.1) is 0 Å². The first-order chi connectivity index (χ1) is 13.1. The van der Waals surface area contributed by atoms with Gasteiger partial charge in [-0.2, -0.15) is 0 Å². The van der Waals surface area contributed by atoms with Crippen molar-refractivity contribution < 1.29 is 28.5 Å². The van der Waals surface area contributed by atoms with Gasteiger partial charge in [-0.05, 0) is 51.2 Å². The molecule has 0 radical (unpaired) electrons. The maximum atomic E-state index is 11.3. The molecule has 2 saturated heterocycles. The number of methoxy groups -OCH3 is 1. The van der Waals surface area contributed by atoms with E-state index in [0.29, 0.717) is 6.42 Å². The Morgan fingerprint density at radius 3 is 2.38 bits per heavy atom. The molecular weight excluding hydrogens is 388 g/mol. The highest BCUT2D eigenvalue weighted by Crippen LogP contribution is 2.42. The van der Waals surface area contributed by atoms with Gasteiger partial charge in [-0.3, -0.25) is 0 Å². The van der Waals surface area contributed by atoms with Crippen LogP contribution in [0, 0.1) is 5.92 Å². The minimum absolute atomic E-state index is 0.111. The summed E-state index contributed by atoms with van der Waals surface area (Å²) in [6, 6.07) is 0. The molecule has 2 fully saturated rings. The molecule has 0 amide bonds. The van der Waals surface area contributed by atoms with Crippen LogP contribution >= 0.6 is 0 Å². The van der Waals surface area contributed by atoms with Crippen molar-refractivity contribution in [3.63, 3.8) is 0 Å². The van der Waals surface area contributed by atoms with Gasteiger partial charge in [0.2, 0.25) is 0 Å². The van der Waals surface area contributed by atoms with Gasteiger partial charge in [-0.25, -0.2) is 0 Å². The highest BCUT2D eigenvalue weighted by Gasteiger charge is 2.58. The van der Waals surface area contributed by atoms with Crippen LogP contribution in [0.3, 0.4) is 0 Å². The SMILES string of the molecule is COC1OCC(O)(C/C=C\C(C)C(C)O[Si](C)(C)C(C)(C)C)C2OC(C)(C)OC12. The molecule has 29 heavy (non-hydrogen) atoms. The molecule has 0 aromatic rings. The van der Waals surface area contributed by atoms with Gasteiger partial charge in [0.1, 0.15) is 17.8 Å². The van der Waals surface area contributed by atoms with Gasteiger partial charge in [0.15, 0.2) is 20.4 Å². The van der Waals surface area contributed by atoms with E-state index in [9.17, 15) is 5.11 Å². The first-order valence-electron chi connectivity index (χ1n) is 10.7. The van der Waals surface area contributed by atoms with Crippen LogP contribution in [0.15, 0.2) is 12.2 Å². The Balaban J connectivity index is 2.01. The van der Waals surface area contributed by atoms with Crippen LogP contribution in [0.4, 0.5) is 0 Å². The van der Waals surface area contributed by atoms with Gasteiger partial charge in [0.25, 0.3) is 0 Å². The van der Waals surface area contributed by atoms with Crippen molar-refractivity contribution in [1.29, 1.82) is 0 Å². The van der Waals surface area contributed by atoms with E-state index < -0.39 is 38.2 Å². The number of rotatable bonds is 7. The summed E-state index contributed by atoms with van der Waals surface area (Å²) in [5.41, 5.74) is -1.16. The molecular formula is C22H42O6Si. The summed E-state index contributed by atoms with van der Waals surface area (Å²) in [5, 5.41) is 11.4. The zero-order chi connectivity index (χ0) is 22.3. The van der Waals surface area contributed by atoms with Crippen LogP contribution in [0.1, 0.15) is 54.9 Å².